The molecule has 1 aliphatic carbocycles. The summed E-state index contributed by atoms with van der Waals surface area (Å²) in [6.07, 6.45) is 12.9. The quantitative estimate of drug-likeness (QED) is 0.507. The molecule has 0 heterocycles. The number of rotatable bonds is 3. The summed E-state index contributed by atoms with van der Waals surface area (Å²) < 4.78 is 0. The Labute approximate surface area is 81.3 Å². The molecule has 74 valence electrons. The van der Waals surface area contributed by atoms with Crippen molar-refractivity contribution in [3.63, 3.8) is 0 Å². The molecule has 1 rings (SSSR count). The van der Waals surface area contributed by atoms with E-state index < -0.39 is 0 Å². The normalized spacial score (nSPS) is 21.8. The molecule has 0 unspecified atom stereocenters. The van der Waals surface area contributed by atoms with Gasteiger partial charge >= 0.3 is 0 Å². The first-order valence-corrected chi connectivity index (χ1v) is 5.21. The fraction of sp³-hybridized carbons (Fsp3) is 0.818. The highest BCUT2D eigenvalue weighted by Gasteiger charge is 2.27. The van der Waals surface area contributed by atoms with Gasteiger partial charge in [-0.15, -0.1) is 6.42 Å². The van der Waals surface area contributed by atoms with Crippen LogP contribution < -0.4 is 11.1 Å². The highest BCUT2D eigenvalue weighted by atomic mass is 15.0. The summed E-state index contributed by atoms with van der Waals surface area (Å²) in [5.74, 6) is 2.63. The minimum atomic E-state index is 0.142. The zero-order chi connectivity index (χ0) is 9.57. The molecule has 2 heteroatoms. The van der Waals surface area contributed by atoms with E-state index in [-0.39, 0.29) is 5.54 Å². The van der Waals surface area contributed by atoms with Gasteiger partial charge in [0.2, 0.25) is 0 Å². The van der Waals surface area contributed by atoms with E-state index in [4.69, 9.17) is 12.2 Å². The van der Waals surface area contributed by atoms with Crippen LogP contribution >= 0.6 is 0 Å². The molecule has 1 fully saturated rings. The monoisotopic (exact) mass is 180 g/mol. The second-order valence-electron chi connectivity index (χ2n) is 3.96. The van der Waals surface area contributed by atoms with Crippen LogP contribution in [0, 0.1) is 12.3 Å². The van der Waals surface area contributed by atoms with Crippen molar-refractivity contribution in [3.05, 3.63) is 0 Å². The predicted molar refractivity (Wildman–Crippen MR) is 56.3 cm³/mol. The highest BCUT2D eigenvalue weighted by molar-refractivity contribution is 4.96. The van der Waals surface area contributed by atoms with E-state index in [9.17, 15) is 0 Å². The van der Waals surface area contributed by atoms with Crippen molar-refractivity contribution in [2.75, 3.05) is 13.1 Å². The fourth-order valence-electron chi connectivity index (χ4n) is 2.10. The van der Waals surface area contributed by atoms with E-state index in [1.54, 1.807) is 0 Å². The highest BCUT2D eigenvalue weighted by Crippen LogP contribution is 2.25. The average molecular weight is 180 g/mol. The number of hydrogen-bond acceptors (Lipinski definition) is 2. The molecule has 2 nitrogen and oxygen atoms in total. The largest absolute Gasteiger partial charge is 0.329 e. The molecule has 0 aromatic rings. The van der Waals surface area contributed by atoms with E-state index in [1.807, 2.05) is 0 Å². The standard InChI is InChI=1S/C11H20N2/c1-2-9-13-11(10-12)7-5-3-4-6-8-11/h1,13H,3-10,12H2. The first kappa shape index (κ1) is 10.6. The number of nitrogens with two attached hydrogens (primary N) is 1. The third-order valence-corrected chi connectivity index (χ3v) is 3.02. The molecule has 0 aromatic carbocycles. The number of terminal acetylenes is 1. The number of hydrogen-bond donors (Lipinski definition) is 2. The molecular weight excluding hydrogens is 160 g/mol. The molecule has 1 aliphatic rings. The van der Waals surface area contributed by atoms with Crippen LogP contribution in [-0.2, 0) is 0 Å². The Hall–Kier alpha value is -0.520. The van der Waals surface area contributed by atoms with Gasteiger partial charge in [-0.2, -0.15) is 0 Å². The Morgan fingerprint density at radius 1 is 1.23 bits per heavy atom. The SMILES string of the molecule is C#CCNC1(CN)CCCCCC1. The minimum absolute atomic E-state index is 0.142. The third kappa shape index (κ3) is 3.02. The molecule has 0 saturated heterocycles. The fourth-order valence-corrected chi connectivity index (χ4v) is 2.10. The summed E-state index contributed by atoms with van der Waals surface area (Å²) in [5, 5.41) is 3.41. The van der Waals surface area contributed by atoms with Gasteiger partial charge in [0.05, 0.1) is 6.54 Å². The van der Waals surface area contributed by atoms with Gasteiger partial charge in [-0.05, 0) is 12.8 Å². The maximum Gasteiger partial charge on any atom is 0.0578 e. The Morgan fingerprint density at radius 3 is 2.31 bits per heavy atom. The summed E-state index contributed by atoms with van der Waals surface area (Å²) in [5.41, 5.74) is 5.96. The van der Waals surface area contributed by atoms with Gasteiger partial charge in [-0.3, -0.25) is 5.32 Å². The van der Waals surface area contributed by atoms with Gasteiger partial charge in [0.1, 0.15) is 0 Å². The summed E-state index contributed by atoms with van der Waals surface area (Å²) in [6, 6.07) is 0. The molecule has 0 aromatic heterocycles. The van der Waals surface area contributed by atoms with Gasteiger partial charge in [0.25, 0.3) is 0 Å². The Balaban J connectivity index is 2.49. The van der Waals surface area contributed by atoms with E-state index >= 15 is 0 Å². The van der Waals surface area contributed by atoms with Crippen molar-refractivity contribution in [2.45, 2.75) is 44.1 Å². The van der Waals surface area contributed by atoms with Gasteiger partial charge in [0.15, 0.2) is 0 Å². The molecule has 0 spiro atoms. The lowest BCUT2D eigenvalue weighted by Gasteiger charge is -2.32. The van der Waals surface area contributed by atoms with Gasteiger partial charge in [0, 0.05) is 12.1 Å². The van der Waals surface area contributed by atoms with Crippen LogP contribution in [-0.4, -0.2) is 18.6 Å². The van der Waals surface area contributed by atoms with Crippen LogP contribution in [0.1, 0.15) is 38.5 Å². The van der Waals surface area contributed by atoms with Gasteiger partial charge < -0.3 is 5.73 Å². The zero-order valence-corrected chi connectivity index (χ0v) is 8.31. The van der Waals surface area contributed by atoms with Crippen molar-refractivity contribution in [1.29, 1.82) is 0 Å². The summed E-state index contributed by atoms with van der Waals surface area (Å²) >= 11 is 0. The zero-order valence-electron chi connectivity index (χ0n) is 8.31. The lowest BCUT2D eigenvalue weighted by molar-refractivity contribution is 0.306. The van der Waals surface area contributed by atoms with Gasteiger partial charge in [-0.1, -0.05) is 31.6 Å². The topological polar surface area (TPSA) is 38.0 Å². The molecule has 0 bridgehead atoms. The van der Waals surface area contributed by atoms with Gasteiger partial charge in [-0.25, -0.2) is 0 Å². The summed E-state index contributed by atoms with van der Waals surface area (Å²) in [6.45, 7) is 1.37. The molecule has 0 amide bonds. The van der Waals surface area contributed by atoms with E-state index in [2.05, 4.69) is 11.2 Å². The molecule has 0 atom stereocenters. The molecule has 1 saturated carbocycles. The van der Waals surface area contributed by atoms with Crippen LogP contribution in [0.25, 0.3) is 0 Å². The molecule has 0 radical (unpaired) electrons. The molecule has 13 heavy (non-hydrogen) atoms. The average Bonchev–Trinajstić information content (AvgIpc) is 2.41. The van der Waals surface area contributed by atoms with E-state index in [0.717, 1.165) is 0 Å². The van der Waals surface area contributed by atoms with Crippen LogP contribution in [0.5, 0.6) is 0 Å². The third-order valence-electron chi connectivity index (χ3n) is 3.02. The second-order valence-corrected chi connectivity index (χ2v) is 3.96. The molecule has 0 aliphatic heterocycles. The molecular formula is C11H20N2. The number of nitrogens with one attached hydrogen (secondary N) is 1. The van der Waals surface area contributed by atoms with Crippen LogP contribution in [0.3, 0.4) is 0 Å². The maximum atomic E-state index is 5.82. The van der Waals surface area contributed by atoms with Crippen LogP contribution in [0.2, 0.25) is 0 Å². The molecule has 3 N–H and O–H groups in total. The van der Waals surface area contributed by atoms with Crippen molar-refractivity contribution in [3.8, 4) is 12.3 Å². The lowest BCUT2D eigenvalue weighted by atomic mass is 9.90. The van der Waals surface area contributed by atoms with Crippen molar-refractivity contribution in [2.24, 2.45) is 5.73 Å². The second kappa shape index (κ2) is 5.26. The summed E-state index contributed by atoms with van der Waals surface area (Å²) in [7, 11) is 0. The lowest BCUT2D eigenvalue weighted by Crippen LogP contribution is -2.50. The van der Waals surface area contributed by atoms with E-state index in [1.165, 1.54) is 38.5 Å². The smallest absolute Gasteiger partial charge is 0.0578 e. The van der Waals surface area contributed by atoms with Crippen LogP contribution in [0.15, 0.2) is 0 Å². The van der Waals surface area contributed by atoms with Crippen molar-refractivity contribution in [1.82, 2.24) is 5.32 Å². The summed E-state index contributed by atoms with van der Waals surface area (Å²) in [4.78, 5) is 0. The van der Waals surface area contributed by atoms with Crippen LogP contribution in [0.4, 0.5) is 0 Å². The van der Waals surface area contributed by atoms with E-state index in [0.29, 0.717) is 13.1 Å². The predicted octanol–water partition coefficient (Wildman–Crippen LogP) is 1.26. The first-order chi connectivity index (χ1) is 6.33. The minimum Gasteiger partial charge on any atom is -0.329 e. The van der Waals surface area contributed by atoms with Crippen molar-refractivity contribution >= 4 is 0 Å². The Bertz CT molecular complexity index is 173. The maximum absolute atomic E-state index is 5.82. The Kier molecular flexibility index (Phi) is 4.27. The Morgan fingerprint density at radius 2 is 1.85 bits per heavy atom. The van der Waals surface area contributed by atoms with Crippen molar-refractivity contribution < 1.29 is 0 Å². The first-order valence-electron chi connectivity index (χ1n) is 5.21.